The molecule has 1 saturated heterocycles. The lowest BCUT2D eigenvalue weighted by molar-refractivity contribution is -0.140. The number of halogens is 1. The molecular formula is C22H18FNO5S. The number of rotatable bonds is 5. The summed E-state index contributed by atoms with van der Waals surface area (Å²) in [7, 11) is 1.38. The van der Waals surface area contributed by atoms with E-state index in [4.69, 9.17) is 9.15 Å². The van der Waals surface area contributed by atoms with Gasteiger partial charge in [-0.15, -0.1) is 11.3 Å². The monoisotopic (exact) mass is 427 g/mol. The van der Waals surface area contributed by atoms with Crippen molar-refractivity contribution < 1.29 is 28.2 Å². The maximum absolute atomic E-state index is 13.9. The van der Waals surface area contributed by atoms with Crippen LogP contribution in [0.4, 0.5) is 4.39 Å². The van der Waals surface area contributed by atoms with E-state index in [1.807, 2.05) is 18.4 Å². The maximum atomic E-state index is 13.9. The minimum Gasteiger partial charge on any atom is -0.507 e. The number of ether oxygens (including phenoxy) is 1. The molecule has 1 aliphatic heterocycles. The molecular weight excluding hydrogens is 409 g/mol. The standard InChI is InChI=1S/C22H18FNO5S/c1-12-7-9-30-21(12)18-17(19(25)15-10-13(23)5-6-16(15)28-2)20(26)22(27)24(18)11-14-4-3-8-29-14/h3-10,18,25H,11H2,1-2H3/b19-17+. The van der Waals surface area contributed by atoms with Gasteiger partial charge in [0.05, 0.1) is 31.1 Å². The molecule has 154 valence electrons. The number of aliphatic hydroxyl groups is 1. The van der Waals surface area contributed by atoms with E-state index in [2.05, 4.69) is 0 Å². The van der Waals surface area contributed by atoms with Gasteiger partial charge in [0.15, 0.2) is 0 Å². The molecule has 1 N–H and O–H groups in total. The van der Waals surface area contributed by atoms with Gasteiger partial charge in [-0.05, 0) is 54.3 Å². The fourth-order valence-electron chi connectivity index (χ4n) is 3.56. The molecule has 0 aliphatic carbocycles. The van der Waals surface area contributed by atoms with Crippen molar-refractivity contribution in [3.63, 3.8) is 0 Å². The topological polar surface area (TPSA) is 80.0 Å². The van der Waals surface area contributed by atoms with Crippen molar-refractivity contribution in [2.24, 2.45) is 0 Å². The molecule has 1 unspecified atom stereocenters. The van der Waals surface area contributed by atoms with Crippen LogP contribution in [0, 0.1) is 12.7 Å². The third kappa shape index (κ3) is 3.29. The zero-order valence-electron chi connectivity index (χ0n) is 16.2. The average molecular weight is 427 g/mol. The number of ketones is 1. The zero-order valence-corrected chi connectivity index (χ0v) is 17.0. The van der Waals surface area contributed by atoms with Crippen LogP contribution in [-0.4, -0.2) is 28.8 Å². The zero-order chi connectivity index (χ0) is 21.4. The van der Waals surface area contributed by atoms with Gasteiger partial charge in [0.25, 0.3) is 11.7 Å². The van der Waals surface area contributed by atoms with E-state index in [0.29, 0.717) is 5.76 Å². The van der Waals surface area contributed by atoms with E-state index in [0.717, 1.165) is 16.5 Å². The van der Waals surface area contributed by atoms with Gasteiger partial charge >= 0.3 is 0 Å². The van der Waals surface area contributed by atoms with Crippen LogP contribution in [0.1, 0.15) is 27.8 Å². The molecule has 0 spiro atoms. The van der Waals surface area contributed by atoms with Crippen LogP contribution in [0.2, 0.25) is 0 Å². The Morgan fingerprint density at radius 1 is 1.30 bits per heavy atom. The summed E-state index contributed by atoms with van der Waals surface area (Å²) in [6.07, 6.45) is 1.48. The fourth-order valence-corrected chi connectivity index (χ4v) is 4.61. The lowest BCUT2D eigenvalue weighted by atomic mass is 9.98. The first-order valence-electron chi connectivity index (χ1n) is 9.11. The molecule has 2 aromatic heterocycles. The van der Waals surface area contributed by atoms with Crippen molar-refractivity contribution >= 4 is 28.8 Å². The average Bonchev–Trinajstić information content (AvgIpc) is 3.45. The molecule has 1 atom stereocenters. The molecule has 8 heteroatoms. The molecule has 3 aromatic rings. The molecule has 3 heterocycles. The first kappa shape index (κ1) is 19.9. The first-order valence-corrected chi connectivity index (χ1v) is 9.99. The predicted molar refractivity (Wildman–Crippen MR) is 109 cm³/mol. The van der Waals surface area contributed by atoms with Crippen LogP contribution < -0.4 is 4.74 Å². The van der Waals surface area contributed by atoms with Crippen LogP contribution in [0.5, 0.6) is 5.75 Å². The minimum absolute atomic E-state index is 0.00714. The summed E-state index contributed by atoms with van der Waals surface area (Å²) < 4.78 is 24.5. The quantitative estimate of drug-likeness (QED) is 0.370. The van der Waals surface area contributed by atoms with E-state index in [1.54, 1.807) is 12.1 Å². The summed E-state index contributed by atoms with van der Waals surface area (Å²) >= 11 is 1.37. The molecule has 1 fully saturated rings. The molecule has 30 heavy (non-hydrogen) atoms. The Balaban J connectivity index is 1.92. The highest BCUT2D eigenvalue weighted by atomic mass is 32.1. The number of carbonyl (C=O) groups excluding carboxylic acids is 2. The Bertz CT molecular complexity index is 1150. The molecule has 0 radical (unpaired) electrons. The smallest absolute Gasteiger partial charge is 0.296 e. The van der Waals surface area contributed by atoms with Crippen LogP contribution >= 0.6 is 11.3 Å². The summed E-state index contributed by atoms with van der Waals surface area (Å²) in [6, 6.07) is 8.05. The van der Waals surface area contributed by atoms with Gasteiger partial charge in [-0.25, -0.2) is 4.39 Å². The second-order valence-corrected chi connectivity index (χ2v) is 7.77. The molecule has 1 amide bonds. The van der Waals surface area contributed by atoms with Gasteiger partial charge < -0.3 is 19.2 Å². The number of carbonyl (C=O) groups is 2. The van der Waals surface area contributed by atoms with Crippen molar-refractivity contribution in [2.45, 2.75) is 19.5 Å². The molecule has 6 nitrogen and oxygen atoms in total. The number of thiophene rings is 1. The number of methoxy groups -OCH3 is 1. The summed E-state index contributed by atoms with van der Waals surface area (Å²) in [5.74, 6) is -2.01. The van der Waals surface area contributed by atoms with Crippen LogP contribution in [0.25, 0.3) is 5.76 Å². The lowest BCUT2D eigenvalue weighted by Crippen LogP contribution is -2.28. The number of Topliss-reactive ketones (excluding diaryl/α,β-unsaturated/α-hetero) is 1. The lowest BCUT2D eigenvalue weighted by Gasteiger charge is -2.24. The van der Waals surface area contributed by atoms with Gasteiger partial charge in [0.2, 0.25) is 0 Å². The third-order valence-electron chi connectivity index (χ3n) is 5.01. The van der Waals surface area contributed by atoms with Crippen LogP contribution in [0.15, 0.2) is 58.0 Å². The van der Waals surface area contributed by atoms with Crippen molar-refractivity contribution in [2.75, 3.05) is 7.11 Å². The van der Waals surface area contributed by atoms with Crippen molar-refractivity contribution in [3.05, 3.63) is 81.2 Å². The molecule has 4 rings (SSSR count). The van der Waals surface area contributed by atoms with Gasteiger partial charge in [-0.3, -0.25) is 9.59 Å². The normalized spacial score (nSPS) is 18.2. The second kappa shape index (κ2) is 7.79. The SMILES string of the molecule is COc1ccc(F)cc1/C(O)=C1\C(=O)C(=O)N(Cc2ccco2)C1c1sccc1C. The molecule has 1 aromatic carbocycles. The first-order chi connectivity index (χ1) is 14.4. The van der Waals surface area contributed by atoms with Gasteiger partial charge in [-0.2, -0.15) is 0 Å². The molecule has 0 bridgehead atoms. The summed E-state index contributed by atoms with van der Waals surface area (Å²) in [6.45, 7) is 1.91. The summed E-state index contributed by atoms with van der Waals surface area (Å²) in [5, 5.41) is 12.9. The van der Waals surface area contributed by atoms with Crippen molar-refractivity contribution in [1.29, 1.82) is 0 Å². The number of aryl methyl sites for hydroxylation is 1. The van der Waals surface area contributed by atoms with E-state index in [-0.39, 0.29) is 23.4 Å². The Hall–Kier alpha value is -3.39. The van der Waals surface area contributed by atoms with Gasteiger partial charge in [0, 0.05) is 4.88 Å². The second-order valence-electron chi connectivity index (χ2n) is 6.82. The van der Waals surface area contributed by atoms with E-state index >= 15 is 0 Å². The van der Waals surface area contributed by atoms with Crippen LogP contribution in [-0.2, 0) is 16.1 Å². The molecule has 1 aliphatic rings. The Morgan fingerprint density at radius 3 is 2.73 bits per heavy atom. The van der Waals surface area contributed by atoms with Gasteiger partial charge in [0.1, 0.15) is 29.1 Å². The number of nitrogens with zero attached hydrogens (tertiary/aromatic N) is 1. The largest absolute Gasteiger partial charge is 0.507 e. The number of likely N-dealkylation sites (tertiary alicyclic amines) is 1. The minimum atomic E-state index is -0.844. The maximum Gasteiger partial charge on any atom is 0.296 e. The number of benzene rings is 1. The Kier molecular flexibility index (Phi) is 5.17. The van der Waals surface area contributed by atoms with Gasteiger partial charge in [-0.1, -0.05) is 0 Å². The molecule has 0 saturated carbocycles. The third-order valence-corrected chi connectivity index (χ3v) is 6.08. The van der Waals surface area contributed by atoms with E-state index in [1.165, 1.54) is 41.7 Å². The van der Waals surface area contributed by atoms with E-state index < -0.39 is 29.3 Å². The highest BCUT2D eigenvalue weighted by Gasteiger charge is 2.47. The predicted octanol–water partition coefficient (Wildman–Crippen LogP) is 4.42. The number of amides is 1. The summed E-state index contributed by atoms with van der Waals surface area (Å²) in [4.78, 5) is 28.0. The number of furan rings is 1. The fraction of sp³-hybridized carbons (Fsp3) is 0.182. The number of hydrogen-bond donors (Lipinski definition) is 1. The number of hydrogen-bond acceptors (Lipinski definition) is 6. The number of aliphatic hydroxyl groups excluding tert-OH is 1. The Labute approximate surface area is 175 Å². The van der Waals surface area contributed by atoms with E-state index in [9.17, 15) is 19.1 Å². The van der Waals surface area contributed by atoms with Crippen molar-refractivity contribution in [1.82, 2.24) is 4.90 Å². The van der Waals surface area contributed by atoms with Crippen molar-refractivity contribution in [3.8, 4) is 5.75 Å². The highest BCUT2D eigenvalue weighted by Crippen LogP contribution is 2.44. The van der Waals surface area contributed by atoms with Crippen LogP contribution in [0.3, 0.4) is 0 Å². The highest BCUT2D eigenvalue weighted by molar-refractivity contribution is 7.10. The summed E-state index contributed by atoms with van der Waals surface area (Å²) in [5.41, 5.74) is 0.766. The Morgan fingerprint density at radius 2 is 2.10 bits per heavy atom.